The number of benzene rings is 3. The number of nitrogens with one attached hydrogen (secondary N) is 1. The Labute approximate surface area is 176 Å². The van der Waals surface area contributed by atoms with Crippen molar-refractivity contribution in [1.29, 1.82) is 0 Å². The molecule has 2 amide bonds. The lowest BCUT2D eigenvalue weighted by Crippen LogP contribution is -2.35. The molecule has 0 spiro atoms. The average molecular weight is 400 g/mol. The van der Waals surface area contributed by atoms with E-state index in [9.17, 15) is 9.59 Å². The highest BCUT2D eigenvalue weighted by atomic mass is 16.5. The minimum absolute atomic E-state index is 0.0245. The molecule has 3 aromatic rings. The number of anilines is 1. The highest BCUT2D eigenvalue weighted by Crippen LogP contribution is 2.25. The Hall–Kier alpha value is -3.78. The van der Waals surface area contributed by atoms with Crippen LogP contribution in [0, 0.1) is 12.3 Å². The second-order valence-electron chi connectivity index (χ2n) is 6.95. The Morgan fingerprint density at radius 2 is 1.83 bits per heavy atom. The summed E-state index contributed by atoms with van der Waals surface area (Å²) in [6, 6.07) is 21.0. The van der Waals surface area contributed by atoms with E-state index in [1.54, 1.807) is 31.3 Å². The molecule has 30 heavy (non-hydrogen) atoms. The molecule has 3 rings (SSSR count). The third-order valence-electron chi connectivity index (χ3n) is 4.66. The van der Waals surface area contributed by atoms with E-state index >= 15 is 0 Å². The van der Waals surface area contributed by atoms with Crippen molar-refractivity contribution in [2.45, 2.75) is 12.8 Å². The molecule has 0 bridgehead atoms. The molecule has 5 nitrogen and oxygen atoms in total. The fraction of sp³-hybridized carbons (Fsp3) is 0.200. The van der Waals surface area contributed by atoms with Gasteiger partial charge in [0, 0.05) is 30.1 Å². The maximum atomic E-state index is 12.3. The maximum Gasteiger partial charge on any atom is 0.243 e. The van der Waals surface area contributed by atoms with Crippen LogP contribution in [0.5, 0.6) is 5.75 Å². The number of terminal acetylenes is 1. The van der Waals surface area contributed by atoms with Gasteiger partial charge >= 0.3 is 0 Å². The third kappa shape index (κ3) is 5.62. The summed E-state index contributed by atoms with van der Waals surface area (Å²) in [6.45, 7) is 0.405. The number of carbonyl (C=O) groups is 2. The van der Waals surface area contributed by atoms with Gasteiger partial charge in [0.25, 0.3) is 0 Å². The fourth-order valence-corrected chi connectivity index (χ4v) is 3.11. The van der Waals surface area contributed by atoms with Gasteiger partial charge in [-0.2, -0.15) is 0 Å². The van der Waals surface area contributed by atoms with Gasteiger partial charge in [0.1, 0.15) is 5.75 Å². The molecule has 0 aliphatic carbocycles. The maximum absolute atomic E-state index is 12.3. The predicted octanol–water partition coefficient (Wildman–Crippen LogP) is 4.08. The van der Waals surface area contributed by atoms with Gasteiger partial charge < -0.3 is 15.0 Å². The summed E-state index contributed by atoms with van der Waals surface area (Å²) in [7, 11) is 1.62. The number of carbonyl (C=O) groups excluding carboxylic acids is 2. The zero-order chi connectivity index (χ0) is 21.3. The van der Waals surface area contributed by atoms with Crippen molar-refractivity contribution >= 4 is 28.3 Å². The van der Waals surface area contributed by atoms with E-state index in [1.165, 1.54) is 4.90 Å². The minimum atomic E-state index is -0.271. The smallest absolute Gasteiger partial charge is 0.243 e. The van der Waals surface area contributed by atoms with Crippen molar-refractivity contribution in [2.75, 3.05) is 25.5 Å². The van der Waals surface area contributed by atoms with E-state index in [1.807, 2.05) is 42.5 Å². The lowest BCUT2D eigenvalue weighted by molar-refractivity contribution is -0.133. The van der Waals surface area contributed by atoms with Crippen LogP contribution in [0.1, 0.15) is 18.4 Å². The van der Waals surface area contributed by atoms with E-state index in [0.29, 0.717) is 30.7 Å². The molecule has 0 radical (unpaired) electrons. The predicted molar refractivity (Wildman–Crippen MR) is 119 cm³/mol. The Balaban J connectivity index is 1.43. The molecule has 0 aromatic heterocycles. The summed E-state index contributed by atoms with van der Waals surface area (Å²) in [5.41, 5.74) is 1.29. The van der Waals surface area contributed by atoms with E-state index in [4.69, 9.17) is 11.2 Å². The number of fused-ring (bicyclic) bond motifs is 1. The summed E-state index contributed by atoms with van der Waals surface area (Å²) >= 11 is 0. The molecule has 0 atom stereocenters. The van der Waals surface area contributed by atoms with Gasteiger partial charge in [-0.3, -0.25) is 9.59 Å². The van der Waals surface area contributed by atoms with Crippen LogP contribution in [0.4, 0.5) is 5.69 Å². The van der Waals surface area contributed by atoms with Gasteiger partial charge in [-0.05, 0) is 36.1 Å². The number of likely N-dealkylation sites (N-methyl/N-ethyl adjacent to an activating group) is 1. The summed E-state index contributed by atoms with van der Waals surface area (Å²) in [5, 5.41) is 4.92. The largest absolute Gasteiger partial charge is 0.493 e. The van der Waals surface area contributed by atoms with Crippen LogP contribution >= 0.6 is 0 Å². The molecule has 0 unspecified atom stereocenters. The van der Waals surface area contributed by atoms with E-state index in [-0.39, 0.29) is 18.4 Å². The number of rotatable bonds is 8. The van der Waals surface area contributed by atoms with Crippen molar-refractivity contribution in [2.24, 2.45) is 0 Å². The molecule has 1 N–H and O–H groups in total. The van der Waals surface area contributed by atoms with Gasteiger partial charge in [-0.1, -0.05) is 48.4 Å². The van der Waals surface area contributed by atoms with Gasteiger partial charge in [-0.25, -0.2) is 0 Å². The Kier molecular flexibility index (Phi) is 7.07. The van der Waals surface area contributed by atoms with Gasteiger partial charge in [0.05, 0.1) is 13.2 Å². The minimum Gasteiger partial charge on any atom is -0.493 e. The summed E-state index contributed by atoms with van der Waals surface area (Å²) in [4.78, 5) is 25.9. The Bertz CT molecular complexity index is 1080. The van der Waals surface area contributed by atoms with Crippen molar-refractivity contribution in [3.05, 3.63) is 72.3 Å². The zero-order valence-corrected chi connectivity index (χ0v) is 16.9. The van der Waals surface area contributed by atoms with Gasteiger partial charge in [0.2, 0.25) is 11.8 Å². The SMILES string of the molecule is C#Cc1cccc(NC(=O)CN(C)C(=O)CCCOc2cccc3ccccc23)c1. The molecule has 0 heterocycles. The standard InChI is InChI=1S/C25H24N2O3/c1-3-19-9-6-12-21(17-19)26-24(28)18-27(2)25(29)15-8-16-30-23-14-7-11-20-10-4-5-13-22(20)23/h1,4-7,9-14,17H,8,15-16,18H2,2H3,(H,26,28). The van der Waals surface area contributed by atoms with Crippen LogP contribution in [0.15, 0.2) is 66.7 Å². The lowest BCUT2D eigenvalue weighted by atomic mass is 10.1. The van der Waals surface area contributed by atoms with Crippen molar-refractivity contribution in [3.63, 3.8) is 0 Å². The second kappa shape index (κ2) is 10.1. The number of hydrogen-bond acceptors (Lipinski definition) is 3. The zero-order valence-electron chi connectivity index (χ0n) is 16.9. The normalized spacial score (nSPS) is 10.3. The molecule has 0 fully saturated rings. The van der Waals surface area contributed by atoms with Crippen molar-refractivity contribution < 1.29 is 14.3 Å². The molecule has 3 aromatic carbocycles. The van der Waals surface area contributed by atoms with Crippen LogP contribution in [-0.4, -0.2) is 36.9 Å². The topological polar surface area (TPSA) is 58.6 Å². The van der Waals surface area contributed by atoms with Crippen molar-refractivity contribution in [3.8, 4) is 18.1 Å². The summed E-state index contributed by atoms with van der Waals surface area (Å²) < 4.78 is 5.87. The van der Waals surface area contributed by atoms with Crippen LogP contribution in [0.2, 0.25) is 0 Å². The number of hydrogen-bond donors (Lipinski definition) is 1. The molecule has 152 valence electrons. The number of amides is 2. The number of nitrogens with zero attached hydrogens (tertiary/aromatic N) is 1. The highest BCUT2D eigenvalue weighted by Gasteiger charge is 2.13. The van der Waals surface area contributed by atoms with Gasteiger partial charge in [0.15, 0.2) is 0 Å². The van der Waals surface area contributed by atoms with Crippen LogP contribution in [0.3, 0.4) is 0 Å². The monoisotopic (exact) mass is 400 g/mol. The molecule has 0 aliphatic heterocycles. The number of ether oxygens (including phenoxy) is 1. The molecule has 0 saturated heterocycles. The first-order valence-corrected chi connectivity index (χ1v) is 9.78. The molecule has 0 saturated carbocycles. The van der Waals surface area contributed by atoms with E-state index in [0.717, 1.165) is 16.5 Å². The van der Waals surface area contributed by atoms with Crippen molar-refractivity contribution in [1.82, 2.24) is 4.90 Å². The Morgan fingerprint density at radius 1 is 1.07 bits per heavy atom. The first-order chi connectivity index (χ1) is 14.6. The third-order valence-corrected chi connectivity index (χ3v) is 4.66. The van der Waals surface area contributed by atoms with E-state index < -0.39 is 0 Å². The molecule has 0 aliphatic rings. The summed E-state index contributed by atoms with van der Waals surface area (Å²) in [6.07, 6.45) is 6.24. The van der Waals surface area contributed by atoms with Crippen LogP contribution < -0.4 is 10.1 Å². The van der Waals surface area contributed by atoms with E-state index in [2.05, 4.69) is 11.2 Å². The highest BCUT2D eigenvalue weighted by molar-refractivity contribution is 5.94. The first-order valence-electron chi connectivity index (χ1n) is 9.78. The lowest BCUT2D eigenvalue weighted by Gasteiger charge is -2.17. The van der Waals surface area contributed by atoms with Crippen LogP contribution in [0.25, 0.3) is 10.8 Å². The average Bonchev–Trinajstić information content (AvgIpc) is 2.76. The summed E-state index contributed by atoms with van der Waals surface area (Å²) in [5.74, 6) is 2.95. The molecule has 5 heteroatoms. The van der Waals surface area contributed by atoms with Crippen LogP contribution in [-0.2, 0) is 9.59 Å². The van der Waals surface area contributed by atoms with Gasteiger partial charge in [-0.15, -0.1) is 6.42 Å². The fourth-order valence-electron chi connectivity index (χ4n) is 3.11. The Morgan fingerprint density at radius 3 is 2.67 bits per heavy atom. The first kappa shape index (κ1) is 20.9. The quantitative estimate of drug-likeness (QED) is 0.458. The second-order valence-corrected chi connectivity index (χ2v) is 6.95. The molecular formula is C25H24N2O3. The molecular weight excluding hydrogens is 376 g/mol.